The fraction of sp³-hybridized carbons (Fsp3) is 0.368. The van der Waals surface area contributed by atoms with Crippen molar-refractivity contribution >= 4 is 33.4 Å². The third-order valence-corrected chi connectivity index (χ3v) is 11.9. The molecule has 12 heteroatoms. The number of benzene rings is 3. The number of aliphatic hydroxyl groups excluding tert-OH is 2. The lowest BCUT2D eigenvalue weighted by Crippen LogP contribution is -2.50. The number of nitrogens with zero attached hydrogens (tertiary/aromatic N) is 2. The number of aliphatic hydroxyl groups is 2. The van der Waals surface area contributed by atoms with Gasteiger partial charge in [0.15, 0.2) is 0 Å². The summed E-state index contributed by atoms with van der Waals surface area (Å²) in [5, 5.41) is 20.2. The van der Waals surface area contributed by atoms with Crippen LogP contribution in [0.4, 0.5) is 4.79 Å². The van der Waals surface area contributed by atoms with Gasteiger partial charge in [-0.1, -0.05) is 93.6 Å². The Morgan fingerprint density at radius 3 is 1.84 bits per heavy atom. The van der Waals surface area contributed by atoms with Crippen molar-refractivity contribution in [3.63, 3.8) is 0 Å². The highest BCUT2D eigenvalue weighted by atomic mass is 32.2. The maximum absolute atomic E-state index is 14.4. The van der Waals surface area contributed by atoms with E-state index in [1.807, 2.05) is 81.4 Å². The molecule has 3 atom stereocenters. The van der Waals surface area contributed by atoms with Crippen LogP contribution in [-0.2, 0) is 26.2 Å². The first-order valence-electron chi connectivity index (χ1n) is 16.7. The predicted molar refractivity (Wildman–Crippen MR) is 195 cm³/mol. The molecule has 1 heterocycles. The van der Waals surface area contributed by atoms with Crippen LogP contribution in [0.3, 0.4) is 0 Å². The van der Waals surface area contributed by atoms with Crippen molar-refractivity contribution in [1.29, 1.82) is 0 Å². The summed E-state index contributed by atoms with van der Waals surface area (Å²) in [7, 11) is -2.87. The summed E-state index contributed by atoms with van der Waals surface area (Å²) in [4.78, 5) is 30.0. The zero-order valence-electron chi connectivity index (χ0n) is 28.9. The number of amides is 2. The fourth-order valence-electron chi connectivity index (χ4n) is 5.99. The summed E-state index contributed by atoms with van der Waals surface area (Å²) < 4.78 is 34.5. The summed E-state index contributed by atoms with van der Waals surface area (Å²) in [5.74, 6) is -0.993. The number of imide groups is 1. The van der Waals surface area contributed by atoms with Crippen LogP contribution in [0.5, 0.6) is 0 Å². The highest BCUT2D eigenvalue weighted by Gasteiger charge is 2.40. The molecular formula is C38H47N3O7S2. The van der Waals surface area contributed by atoms with Gasteiger partial charge in [-0.3, -0.25) is 4.79 Å². The van der Waals surface area contributed by atoms with Crippen LogP contribution < -0.4 is 5.73 Å². The van der Waals surface area contributed by atoms with Crippen molar-refractivity contribution in [3.05, 3.63) is 124 Å². The van der Waals surface area contributed by atoms with Crippen LogP contribution in [0.1, 0.15) is 78.1 Å². The van der Waals surface area contributed by atoms with Gasteiger partial charge in [-0.15, -0.1) is 11.3 Å². The average molecular weight is 722 g/mol. The predicted octanol–water partition coefficient (Wildman–Crippen LogP) is 6.22. The minimum atomic E-state index is -4.08. The number of hydrogen-bond donors (Lipinski definition) is 3. The lowest BCUT2D eigenvalue weighted by atomic mass is 9.84. The van der Waals surface area contributed by atoms with Crippen LogP contribution in [0.25, 0.3) is 0 Å². The number of methoxy groups -OCH3 is 1. The molecule has 0 saturated heterocycles. The van der Waals surface area contributed by atoms with Crippen molar-refractivity contribution in [2.45, 2.75) is 69.2 Å². The van der Waals surface area contributed by atoms with E-state index in [0.717, 1.165) is 16.0 Å². The lowest BCUT2D eigenvalue weighted by molar-refractivity contribution is -0.133. The van der Waals surface area contributed by atoms with Crippen LogP contribution in [0, 0.1) is 5.92 Å². The Labute approximate surface area is 299 Å². The van der Waals surface area contributed by atoms with Crippen molar-refractivity contribution in [3.8, 4) is 0 Å². The van der Waals surface area contributed by atoms with Crippen LogP contribution in [-0.4, -0.2) is 66.1 Å². The number of carbonyl (C=O) groups excluding carboxylic acids is 2. The molecule has 4 N–H and O–H groups in total. The van der Waals surface area contributed by atoms with Crippen molar-refractivity contribution in [1.82, 2.24) is 9.21 Å². The maximum Gasteiger partial charge on any atom is 0.416 e. The highest BCUT2D eigenvalue weighted by molar-refractivity contribution is 7.89. The van der Waals surface area contributed by atoms with Crippen molar-refractivity contribution in [2.75, 3.05) is 20.3 Å². The van der Waals surface area contributed by atoms with Crippen LogP contribution in [0.2, 0.25) is 0 Å². The summed E-state index contributed by atoms with van der Waals surface area (Å²) in [6, 6.07) is 25.4. The number of thiophene rings is 1. The lowest BCUT2D eigenvalue weighted by Gasteiger charge is -2.33. The Kier molecular flexibility index (Phi) is 13.9. The molecule has 2 amide bonds. The third-order valence-electron chi connectivity index (χ3n) is 8.73. The number of ether oxygens (including phenoxy) is 1. The van der Waals surface area contributed by atoms with Gasteiger partial charge in [0.05, 0.1) is 43.3 Å². The van der Waals surface area contributed by atoms with Gasteiger partial charge in [0.25, 0.3) is 0 Å². The quantitative estimate of drug-likeness (QED) is 0.124. The molecule has 1 aromatic heterocycles. The van der Waals surface area contributed by atoms with Crippen molar-refractivity contribution < 1.29 is 33.0 Å². The second-order valence-electron chi connectivity index (χ2n) is 12.5. The molecule has 10 nitrogen and oxygen atoms in total. The molecule has 50 heavy (non-hydrogen) atoms. The van der Waals surface area contributed by atoms with Crippen molar-refractivity contribution in [2.24, 2.45) is 11.7 Å². The molecule has 0 aliphatic rings. The molecule has 268 valence electrons. The zero-order chi connectivity index (χ0) is 36.4. The van der Waals surface area contributed by atoms with E-state index in [0.29, 0.717) is 28.2 Å². The molecule has 3 aromatic carbocycles. The van der Waals surface area contributed by atoms with E-state index in [1.165, 1.54) is 34.9 Å². The Hall–Kier alpha value is -3.91. The molecule has 0 saturated carbocycles. The number of sulfonamides is 1. The first kappa shape index (κ1) is 38.9. The Bertz CT molecular complexity index is 1740. The Morgan fingerprint density at radius 1 is 0.840 bits per heavy atom. The molecule has 0 aliphatic carbocycles. The van der Waals surface area contributed by atoms with Gasteiger partial charge in [-0.2, -0.15) is 4.31 Å². The van der Waals surface area contributed by atoms with Gasteiger partial charge in [0.1, 0.15) is 0 Å². The summed E-state index contributed by atoms with van der Waals surface area (Å²) >= 11 is 1.22. The van der Waals surface area contributed by atoms with Crippen LogP contribution >= 0.6 is 11.3 Å². The second kappa shape index (κ2) is 17.8. The maximum atomic E-state index is 14.4. The summed E-state index contributed by atoms with van der Waals surface area (Å²) in [6.45, 7) is 5.26. The second-order valence-corrected chi connectivity index (χ2v) is 15.5. The van der Waals surface area contributed by atoms with Gasteiger partial charge in [0.2, 0.25) is 15.9 Å². The van der Waals surface area contributed by atoms with E-state index < -0.39 is 52.7 Å². The molecule has 4 rings (SSSR count). The summed E-state index contributed by atoms with van der Waals surface area (Å²) in [6.07, 6.45) is 0.0103. The van der Waals surface area contributed by atoms with E-state index in [4.69, 9.17) is 10.5 Å². The minimum absolute atomic E-state index is 0.0444. The van der Waals surface area contributed by atoms with E-state index in [-0.39, 0.29) is 24.0 Å². The van der Waals surface area contributed by atoms with Gasteiger partial charge >= 0.3 is 6.09 Å². The van der Waals surface area contributed by atoms with E-state index in [9.17, 15) is 28.2 Å². The Morgan fingerprint density at radius 2 is 1.38 bits per heavy atom. The molecular weight excluding hydrogens is 675 g/mol. The first-order valence-corrected chi connectivity index (χ1v) is 18.9. The zero-order valence-corrected chi connectivity index (χ0v) is 30.5. The molecule has 0 spiro atoms. The molecule has 0 fully saturated rings. The number of hydrogen-bond acceptors (Lipinski definition) is 9. The molecule has 2 unspecified atom stereocenters. The highest BCUT2D eigenvalue weighted by Crippen LogP contribution is 2.38. The normalized spacial score (nSPS) is 13.7. The fourth-order valence-corrected chi connectivity index (χ4v) is 8.96. The van der Waals surface area contributed by atoms with E-state index in [1.54, 1.807) is 24.3 Å². The first-order chi connectivity index (χ1) is 24.0. The number of nitrogens with two attached hydrogens (primary N) is 1. The smallest absolute Gasteiger partial charge is 0.416 e. The van der Waals surface area contributed by atoms with Gasteiger partial charge in [-0.05, 0) is 59.7 Å². The minimum Gasteiger partial charge on any atom is -0.452 e. The van der Waals surface area contributed by atoms with E-state index in [2.05, 4.69) is 0 Å². The average Bonchev–Trinajstić information content (AvgIpc) is 3.62. The SMILES string of the molecule is CCC(c1ccc(C(CO)N(CCC(C)C)S(=O)(=O)c2ccc(CO)cc2)s1)N(C(=O)OC)C(=O)[C@@H](N)C(c1ccccc1)c1ccccc1. The van der Waals surface area contributed by atoms with Gasteiger partial charge in [0, 0.05) is 22.2 Å². The largest absolute Gasteiger partial charge is 0.452 e. The summed E-state index contributed by atoms with van der Waals surface area (Å²) in [5.41, 5.74) is 8.97. The van der Waals surface area contributed by atoms with Crippen LogP contribution in [0.15, 0.2) is 102 Å². The molecule has 0 aliphatic heterocycles. The van der Waals surface area contributed by atoms with Gasteiger partial charge < -0.3 is 20.7 Å². The number of carbonyl (C=O) groups is 2. The van der Waals surface area contributed by atoms with E-state index >= 15 is 0 Å². The topological polar surface area (TPSA) is 150 Å². The Balaban J connectivity index is 1.72. The molecule has 0 bridgehead atoms. The standard InChI is InChI=1S/C38H47N3O7S2/c1-5-31(41(38(45)48-4)37(44)36(39)35(28-12-8-6-9-13-28)29-14-10-7-11-15-29)33-20-21-34(49-33)32(25-43)40(23-22-26(2)3)50(46,47)30-18-16-27(24-42)17-19-30/h6-21,26,31-32,35-36,42-43H,5,22-25,39H2,1-4H3/t31?,32?,36-/m0/s1. The third kappa shape index (κ3) is 8.87. The number of rotatable bonds is 16. The molecule has 4 aromatic rings. The molecule has 0 radical (unpaired) electrons. The monoisotopic (exact) mass is 721 g/mol. The van der Waals surface area contributed by atoms with Gasteiger partial charge in [-0.25, -0.2) is 18.1 Å².